The SMILES string of the molecule is C=C(CCCC(CCC)c1cccc(CN)c1)CCC(N)=O. The predicted octanol–water partition coefficient (Wildman–Crippen LogP) is 4.02. The molecule has 122 valence electrons. The topological polar surface area (TPSA) is 69.1 Å². The summed E-state index contributed by atoms with van der Waals surface area (Å²) in [5.74, 6) is 0.337. The van der Waals surface area contributed by atoms with Crippen molar-refractivity contribution in [2.24, 2.45) is 11.5 Å². The van der Waals surface area contributed by atoms with Crippen molar-refractivity contribution in [3.05, 3.63) is 47.5 Å². The minimum absolute atomic E-state index is 0.247. The van der Waals surface area contributed by atoms with Crippen molar-refractivity contribution in [2.75, 3.05) is 0 Å². The summed E-state index contributed by atoms with van der Waals surface area (Å²) >= 11 is 0. The van der Waals surface area contributed by atoms with Crippen LogP contribution in [0.4, 0.5) is 0 Å². The molecule has 1 unspecified atom stereocenters. The van der Waals surface area contributed by atoms with Crippen molar-refractivity contribution < 1.29 is 4.79 Å². The highest BCUT2D eigenvalue weighted by atomic mass is 16.1. The number of allylic oxidation sites excluding steroid dienone is 1. The molecule has 0 saturated carbocycles. The Kier molecular flexibility index (Phi) is 8.53. The van der Waals surface area contributed by atoms with Crippen molar-refractivity contribution in [2.45, 2.75) is 64.3 Å². The molecule has 1 rings (SSSR count). The lowest BCUT2D eigenvalue weighted by molar-refractivity contribution is -0.117. The molecule has 1 atom stereocenters. The third kappa shape index (κ3) is 6.90. The summed E-state index contributed by atoms with van der Waals surface area (Å²) in [5.41, 5.74) is 14.6. The fourth-order valence-corrected chi connectivity index (χ4v) is 2.82. The van der Waals surface area contributed by atoms with Crippen LogP contribution in [0.5, 0.6) is 0 Å². The zero-order chi connectivity index (χ0) is 16.4. The molecule has 3 heteroatoms. The van der Waals surface area contributed by atoms with Gasteiger partial charge in [0.25, 0.3) is 0 Å². The van der Waals surface area contributed by atoms with Crippen molar-refractivity contribution in [1.29, 1.82) is 0 Å². The van der Waals surface area contributed by atoms with Gasteiger partial charge in [-0.05, 0) is 49.1 Å². The molecule has 4 N–H and O–H groups in total. The first-order valence-electron chi connectivity index (χ1n) is 8.30. The molecule has 0 aliphatic carbocycles. The number of hydrogen-bond donors (Lipinski definition) is 2. The van der Waals surface area contributed by atoms with Gasteiger partial charge in [0.2, 0.25) is 5.91 Å². The Morgan fingerprint density at radius 1 is 1.23 bits per heavy atom. The highest BCUT2D eigenvalue weighted by Crippen LogP contribution is 2.28. The first-order chi connectivity index (χ1) is 10.6. The number of benzene rings is 1. The summed E-state index contributed by atoms with van der Waals surface area (Å²) in [7, 11) is 0. The number of carbonyl (C=O) groups excluding carboxylic acids is 1. The fraction of sp³-hybridized carbons (Fsp3) is 0.526. The van der Waals surface area contributed by atoms with Crippen LogP contribution in [0.3, 0.4) is 0 Å². The van der Waals surface area contributed by atoms with Crippen LogP contribution >= 0.6 is 0 Å². The largest absolute Gasteiger partial charge is 0.370 e. The van der Waals surface area contributed by atoms with Crippen molar-refractivity contribution >= 4 is 5.91 Å². The van der Waals surface area contributed by atoms with Crippen LogP contribution in [0.1, 0.15) is 68.9 Å². The van der Waals surface area contributed by atoms with Gasteiger partial charge in [-0.15, -0.1) is 0 Å². The second-order valence-electron chi connectivity index (χ2n) is 6.04. The first-order valence-corrected chi connectivity index (χ1v) is 8.30. The third-order valence-electron chi connectivity index (χ3n) is 4.10. The molecule has 0 bridgehead atoms. The van der Waals surface area contributed by atoms with E-state index in [1.54, 1.807) is 0 Å². The van der Waals surface area contributed by atoms with E-state index in [1.807, 2.05) is 0 Å². The predicted molar refractivity (Wildman–Crippen MR) is 93.4 cm³/mol. The number of primary amides is 1. The Labute approximate surface area is 134 Å². The third-order valence-corrected chi connectivity index (χ3v) is 4.10. The second-order valence-corrected chi connectivity index (χ2v) is 6.04. The molecule has 0 aromatic heterocycles. The summed E-state index contributed by atoms with van der Waals surface area (Å²) < 4.78 is 0. The lowest BCUT2D eigenvalue weighted by atomic mass is 9.88. The maximum Gasteiger partial charge on any atom is 0.217 e. The van der Waals surface area contributed by atoms with Gasteiger partial charge in [-0.3, -0.25) is 4.79 Å². The van der Waals surface area contributed by atoms with E-state index in [2.05, 4.69) is 37.8 Å². The maximum atomic E-state index is 10.8. The number of carbonyl (C=O) groups is 1. The van der Waals surface area contributed by atoms with Crippen LogP contribution in [-0.2, 0) is 11.3 Å². The molecule has 0 saturated heterocycles. The Morgan fingerprint density at radius 2 is 2.00 bits per heavy atom. The summed E-state index contributed by atoms with van der Waals surface area (Å²) in [4.78, 5) is 10.8. The molecule has 0 aliphatic rings. The lowest BCUT2D eigenvalue weighted by Crippen LogP contribution is -2.10. The van der Waals surface area contributed by atoms with Gasteiger partial charge in [-0.2, -0.15) is 0 Å². The first kappa shape index (κ1) is 18.4. The number of nitrogens with two attached hydrogens (primary N) is 2. The van der Waals surface area contributed by atoms with E-state index in [-0.39, 0.29) is 5.91 Å². The lowest BCUT2D eigenvalue weighted by Gasteiger charge is -2.18. The second kappa shape index (κ2) is 10.2. The quantitative estimate of drug-likeness (QED) is 0.606. The minimum Gasteiger partial charge on any atom is -0.370 e. The Morgan fingerprint density at radius 3 is 2.64 bits per heavy atom. The van der Waals surface area contributed by atoms with Gasteiger partial charge in [0, 0.05) is 13.0 Å². The van der Waals surface area contributed by atoms with Gasteiger partial charge in [0.1, 0.15) is 0 Å². The summed E-state index contributed by atoms with van der Waals surface area (Å²) in [6.45, 7) is 6.87. The molecule has 3 nitrogen and oxygen atoms in total. The Bertz CT molecular complexity index is 482. The smallest absolute Gasteiger partial charge is 0.217 e. The van der Waals surface area contributed by atoms with E-state index in [4.69, 9.17) is 11.5 Å². The number of hydrogen-bond acceptors (Lipinski definition) is 2. The number of rotatable bonds is 11. The van der Waals surface area contributed by atoms with E-state index < -0.39 is 0 Å². The highest BCUT2D eigenvalue weighted by molar-refractivity contribution is 5.73. The van der Waals surface area contributed by atoms with E-state index in [1.165, 1.54) is 24.0 Å². The van der Waals surface area contributed by atoms with Gasteiger partial charge in [-0.1, -0.05) is 49.8 Å². The molecule has 22 heavy (non-hydrogen) atoms. The van der Waals surface area contributed by atoms with Gasteiger partial charge in [0.15, 0.2) is 0 Å². The molecule has 0 fully saturated rings. The van der Waals surface area contributed by atoms with Gasteiger partial charge in [-0.25, -0.2) is 0 Å². The van der Waals surface area contributed by atoms with E-state index in [0.717, 1.165) is 31.3 Å². The van der Waals surface area contributed by atoms with Crippen LogP contribution < -0.4 is 11.5 Å². The fourth-order valence-electron chi connectivity index (χ4n) is 2.82. The molecule has 1 amide bonds. The van der Waals surface area contributed by atoms with E-state index in [9.17, 15) is 4.79 Å². The molecule has 0 heterocycles. The minimum atomic E-state index is -0.247. The van der Waals surface area contributed by atoms with Crippen LogP contribution in [0, 0.1) is 0 Å². The Balaban J connectivity index is 2.50. The monoisotopic (exact) mass is 302 g/mol. The normalized spacial score (nSPS) is 12.1. The van der Waals surface area contributed by atoms with Gasteiger partial charge in [0.05, 0.1) is 0 Å². The molecule has 1 aromatic rings. The Hall–Kier alpha value is -1.61. The molecule has 0 spiro atoms. The molecule has 0 aliphatic heterocycles. The zero-order valence-corrected chi connectivity index (χ0v) is 13.8. The van der Waals surface area contributed by atoms with Gasteiger partial charge >= 0.3 is 0 Å². The van der Waals surface area contributed by atoms with E-state index in [0.29, 0.717) is 18.9 Å². The van der Waals surface area contributed by atoms with Crippen LogP contribution in [0.25, 0.3) is 0 Å². The summed E-state index contributed by atoms with van der Waals surface area (Å²) in [6, 6.07) is 8.63. The van der Waals surface area contributed by atoms with E-state index >= 15 is 0 Å². The zero-order valence-electron chi connectivity index (χ0n) is 13.8. The average molecular weight is 302 g/mol. The maximum absolute atomic E-state index is 10.8. The van der Waals surface area contributed by atoms with Crippen molar-refractivity contribution in [3.8, 4) is 0 Å². The van der Waals surface area contributed by atoms with Crippen LogP contribution in [0.2, 0.25) is 0 Å². The molecular weight excluding hydrogens is 272 g/mol. The van der Waals surface area contributed by atoms with Gasteiger partial charge < -0.3 is 11.5 Å². The molecular formula is C19H30N2O. The standard InChI is InChI=1S/C19H30N2O/c1-3-6-17(18-10-5-8-16(13-18)14-20)9-4-7-15(2)11-12-19(21)22/h5,8,10,13,17H,2-4,6-7,9,11-12,14,20H2,1H3,(H2,21,22). The average Bonchev–Trinajstić information content (AvgIpc) is 2.52. The molecule has 1 aromatic carbocycles. The van der Waals surface area contributed by atoms with Crippen LogP contribution in [-0.4, -0.2) is 5.91 Å². The van der Waals surface area contributed by atoms with Crippen LogP contribution in [0.15, 0.2) is 36.4 Å². The summed E-state index contributed by atoms with van der Waals surface area (Å²) in [6.07, 6.45) is 6.74. The molecule has 0 radical (unpaired) electrons. The summed E-state index contributed by atoms with van der Waals surface area (Å²) in [5, 5.41) is 0. The van der Waals surface area contributed by atoms with Crippen molar-refractivity contribution in [3.63, 3.8) is 0 Å². The number of amides is 1. The highest BCUT2D eigenvalue weighted by Gasteiger charge is 2.11. The van der Waals surface area contributed by atoms with Crippen molar-refractivity contribution in [1.82, 2.24) is 0 Å².